The number of benzene rings is 1. The van der Waals surface area contributed by atoms with Crippen LogP contribution in [0, 0.1) is 0 Å². The number of aliphatic carboxylic acids is 1. The van der Waals surface area contributed by atoms with E-state index in [1.165, 1.54) is 11.1 Å². The first kappa shape index (κ1) is 10.9. The van der Waals surface area contributed by atoms with Crippen molar-refractivity contribution in [2.45, 2.75) is 25.3 Å². The quantitative estimate of drug-likeness (QED) is 0.861. The lowest BCUT2D eigenvalue weighted by molar-refractivity contribution is -0.137. The molecule has 0 radical (unpaired) electrons. The number of tetrazole rings is 1. The second-order valence-corrected chi connectivity index (χ2v) is 4.36. The number of fused-ring (bicyclic) bond motifs is 1. The van der Waals surface area contributed by atoms with E-state index in [2.05, 4.69) is 27.7 Å². The van der Waals surface area contributed by atoms with Crippen LogP contribution in [0.3, 0.4) is 0 Å². The van der Waals surface area contributed by atoms with E-state index >= 15 is 0 Å². The molecule has 0 saturated carbocycles. The molecule has 1 atom stereocenters. The number of hydrogen-bond donors (Lipinski definition) is 1. The highest BCUT2D eigenvalue weighted by Gasteiger charge is 2.31. The molecule has 6 nitrogen and oxygen atoms in total. The van der Waals surface area contributed by atoms with Crippen LogP contribution in [0.2, 0.25) is 0 Å². The summed E-state index contributed by atoms with van der Waals surface area (Å²) in [6, 6.07) is 8.18. The normalized spacial score (nSPS) is 17.0. The Labute approximate surface area is 103 Å². The molecule has 92 valence electrons. The van der Waals surface area contributed by atoms with Gasteiger partial charge in [-0.15, -0.1) is 5.10 Å². The molecule has 1 aliphatic rings. The lowest BCUT2D eigenvalue weighted by atomic mass is 9.77. The molecule has 2 aromatic rings. The summed E-state index contributed by atoms with van der Waals surface area (Å²) >= 11 is 0. The fraction of sp³-hybridized carbons (Fsp3) is 0.333. The molecule has 0 spiro atoms. The Morgan fingerprint density at radius 3 is 3.06 bits per heavy atom. The third-order valence-corrected chi connectivity index (χ3v) is 3.26. The van der Waals surface area contributed by atoms with Gasteiger partial charge < -0.3 is 5.11 Å². The molecule has 3 rings (SSSR count). The van der Waals surface area contributed by atoms with Crippen molar-refractivity contribution in [2.75, 3.05) is 0 Å². The monoisotopic (exact) mass is 244 g/mol. The molecule has 0 amide bonds. The predicted molar refractivity (Wildman–Crippen MR) is 62.1 cm³/mol. The van der Waals surface area contributed by atoms with Gasteiger partial charge in [0, 0.05) is 0 Å². The molecule has 1 unspecified atom stereocenters. The number of aryl methyl sites for hydroxylation is 1. The molecular weight excluding hydrogens is 232 g/mol. The summed E-state index contributed by atoms with van der Waals surface area (Å²) in [7, 11) is 0. The summed E-state index contributed by atoms with van der Waals surface area (Å²) in [6.07, 6.45) is 0.954. The van der Waals surface area contributed by atoms with E-state index in [0.717, 1.165) is 12.2 Å². The fourth-order valence-corrected chi connectivity index (χ4v) is 2.31. The SMILES string of the molecule is O=C(O)CCn1nnnc1C1Cc2ccccc21. The van der Waals surface area contributed by atoms with E-state index in [-0.39, 0.29) is 12.3 Å². The van der Waals surface area contributed by atoms with Crippen molar-refractivity contribution in [1.29, 1.82) is 0 Å². The molecule has 6 heteroatoms. The van der Waals surface area contributed by atoms with Crippen LogP contribution < -0.4 is 0 Å². The minimum absolute atomic E-state index is 0.0341. The number of nitrogens with zero attached hydrogens (tertiary/aromatic N) is 4. The van der Waals surface area contributed by atoms with Gasteiger partial charge >= 0.3 is 5.97 Å². The van der Waals surface area contributed by atoms with Gasteiger partial charge in [-0.05, 0) is 28.0 Å². The molecule has 1 aromatic carbocycles. The fourth-order valence-electron chi connectivity index (χ4n) is 2.31. The van der Waals surface area contributed by atoms with Crippen molar-refractivity contribution in [3.8, 4) is 0 Å². The van der Waals surface area contributed by atoms with Gasteiger partial charge in [-0.25, -0.2) is 4.68 Å². The van der Waals surface area contributed by atoms with E-state index in [4.69, 9.17) is 5.11 Å². The Morgan fingerprint density at radius 2 is 2.28 bits per heavy atom. The third kappa shape index (κ3) is 1.75. The molecule has 0 bridgehead atoms. The highest BCUT2D eigenvalue weighted by atomic mass is 16.4. The van der Waals surface area contributed by atoms with Crippen LogP contribution in [-0.4, -0.2) is 31.3 Å². The molecule has 1 aromatic heterocycles. The molecule has 0 aliphatic heterocycles. The van der Waals surface area contributed by atoms with E-state index < -0.39 is 5.97 Å². The number of carbonyl (C=O) groups is 1. The number of carboxylic acids is 1. The standard InChI is InChI=1S/C12H12N4O2/c17-11(18)5-6-16-12(13-14-15-16)10-7-8-3-1-2-4-9(8)10/h1-4,10H,5-7H2,(H,17,18). The van der Waals surface area contributed by atoms with Gasteiger partial charge in [0.25, 0.3) is 0 Å². The largest absolute Gasteiger partial charge is 0.481 e. The molecule has 0 saturated heterocycles. The molecule has 0 fully saturated rings. The summed E-state index contributed by atoms with van der Waals surface area (Å²) < 4.78 is 1.59. The smallest absolute Gasteiger partial charge is 0.305 e. The van der Waals surface area contributed by atoms with Gasteiger partial charge in [-0.3, -0.25) is 4.79 Å². The Hall–Kier alpha value is -2.24. The van der Waals surface area contributed by atoms with Crippen molar-refractivity contribution in [3.05, 3.63) is 41.2 Å². The Morgan fingerprint density at radius 1 is 1.44 bits per heavy atom. The maximum Gasteiger partial charge on any atom is 0.305 e. The summed E-state index contributed by atoms with van der Waals surface area (Å²) in [5.74, 6) is 0.116. The third-order valence-electron chi connectivity index (χ3n) is 3.26. The van der Waals surface area contributed by atoms with Crippen molar-refractivity contribution >= 4 is 5.97 Å². The average molecular weight is 244 g/mol. The second-order valence-electron chi connectivity index (χ2n) is 4.36. The first-order chi connectivity index (χ1) is 8.75. The Kier molecular flexibility index (Phi) is 2.55. The number of hydrogen-bond acceptors (Lipinski definition) is 4. The zero-order valence-corrected chi connectivity index (χ0v) is 9.65. The Bertz CT molecular complexity index is 593. The van der Waals surface area contributed by atoms with Gasteiger partial charge in [0.1, 0.15) is 0 Å². The molecule has 1 heterocycles. The number of rotatable bonds is 4. The Balaban J connectivity index is 1.83. The first-order valence-electron chi connectivity index (χ1n) is 5.81. The molecule has 1 N–H and O–H groups in total. The second kappa shape index (κ2) is 4.21. The average Bonchev–Trinajstić information content (AvgIpc) is 2.76. The van der Waals surface area contributed by atoms with Crippen LogP contribution in [0.25, 0.3) is 0 Å². The summed E-state index contributed by atoms with van der Waals surface area (Å²) in [5.41, 5.74) is 2.55. The summed E-state index contributed by atoms with van der Waals surface area (Å²) in [6.45, 7) is 0.316. The van der Waals surface area contributed by atoms with Crippen LogP contribution in [0.1, 0.15) is 29.3 Å². The van der Waals surface area contributed by atoms with Crippen molar-refractivity contribution < 1.29 is 9.90 Å². The number of aromatic nitrogens is 4. The van der Waals surface area contributed by atoms with Crippen molar-refractivity contribution in [3.63, 3.8) is 0 Å². The molecule has 1 aliphatic carbocycles. The van der Waals surface area contributed by atoms with Crippen LogP contribution in [0.5, 0.6) is 0 Å². The first-order valence-corrected chi connectivity index (χ1v) is 5.81. The van der Waals surface area contributed by atoms with Gasteiger partial charge in [-0.1, -0.05) is 24.3 Å². The maximum atomic E-state index is 10.6. The lowest BCUT2D eigenvalue weighted by Crippen LogP contribution is -2.23. The summed E-state index contributed by atoms with van der Waals surface area (Å²) in [4.78, 5) is 10.6. The highest BCUT2D eigenvalue weighted by molar-refractivity contribution is 5.66. The minimum atomic E-state index is -0.842. The van der Waals surface area contributed by atoms with Gasteiger partial charge in [0.2, 0.25) is 0 Å². The van der Waals surface area contributed by atoms with E-state index in [9.17, 15) is 4.79 Å². The van der Waals surface area contributed by atoms with Crippen LogP contribution in [0.4, 0.5) is 0 Å². The minimum Gasteiger partial charge on any atom is -0.481 e. The van der Waals surface area contributed by atoms with E-state index in [1.807, 2.05) is 12.1 Å². The van der Waals surface area contributed by atoms with Crippen LogP contribution in [0.15, 0.2) is 24.3 Å². The lowest BCUT2D eigenvalue weighted by Gasteiger charge is -2.28. The van der Waals surface area contributed by atoms with Crippen LogP contribution in [-0.2, 0) is 17.8 Å². The van der Waals surface area contributed by atoms with Gasteiger partial charge in [-0.2, -0.15) is 0 Å². The predicted octanol–water partition coefficient (Wildman–Crippen LogP) is 0.836. The summed E-state index contributed by atoms with van der Waals surface area (Å²) in [5, 5.41) is 20.2. The van der Waals surface area contributed by atoms with E-state index in [1.54, 1.807) is 4.68 Å². The number of carboxylic acid groups (broad SMARTS) is 1. The molecular formula is C12H12N4O2. The maximum absolute atomic E-state index is 10.6. The van der Waals surface area contributed by atoms with Crippen molar-refractivity contribution in [1.82, 2.24) is 20.2 Å². The molecule has 18 heavy (non-hydrogen) atoms. The van der Waals surface area contributed by atoms with Gasteiger partial charge in [0.15, 0.2) is 5.82 Å². The van der Waals surface area contributed by atoms with Crippen molar-refractivity contribution in [2.24, 2.45) is 0 Å². The topological polar surface area (TPSA) is 80.9 Å². The highest BCUT2D eigenvalue weighted by Crippen LogP contribution is 2.38. The van der Waals surface area contributed by atoms with Gasteiger partial charge in [0.05, 0.1) is 18.9 Å². The zero-order chi connectivity index (χ0) is 12.5. The van der Waals surface area contributed by atoms with E-state index in [0.29, 0.717) is 6.54 Å². The zero-order valence-electron chi connectivity index (χ0n) is 9.65. The van der Waals surface area contributed by atoms with Crippen LogP contribution >= 0.6 is 0 Å².